The summed E-state index contributed by atoms with van der Waals surface area (Å²) in [6.45, 7) is 3.99. The van der Waals surface area contributed by atoms with Crippen LogP contribution in [0.2, 0.25) is 0 Å². The third kappa shape index (κ3) is 3.52. The van der Waals surface area contributed by atoms with Crippen molar-refractivity contribution < 1.29 is 28.7 Å². The van der Waals surface area contributed by atoms with Crippen LogP contribution < -0.4 is 10.2 Å². The lowest BCUT2D eigenvalue weighted by Crippen LogP contribution is -2.51. The predicted molar refractivity (Wildman–Crippen MR) is 83.9 cm³/mol. The number of ether oxygens (including phenoxy) is 2. The summed E-state index contributed by atoms with van der Waals surface area (Å²) >= 11 is 0. The molecule has 1 unspecified atom stereocenters. The average molecular weight is 353 g/mol. The molecule has 0 aliphatic carbocycles. The van der Waals surface area contributed by atoms with Gasteiger partial charge in [-0.1, -0.05) is 0 Å². The fraction of sp³-hybridized carbons (Fsp3) is 0.500. The molecule has 8 nitrogen and oxygen atoms in total. The first-order chi connectivity index (χ1) is 12.0. The zero-order chi connectivity index (χ0) is 18.0. The third-order valence-electron chi connectivity index (χ3n) is 4.39. The Morgan fingerprint density at radius 3 is 2.72 bits per heavy atom. The first kappa shape index (κ1) is 17.4. The van der Waals surface area contributed by atoms with Crippen LogP contribution in [0, 0.1) is 5.82 Å². The Balaban J connectivity index is 1.87. The van der Waals surface area contributed by atoms with E-state index in [9.17, 15) is 14.0 Å². The van der Waals surface area contributed by atoms with Gasteiger partial charge in [-0.25, -0.2) is 14.7 Å². The summed E-state index contributed by atoms with van der Waals surface area (Å²) in [7, 11) is 0. The van der Waals surface area contributed by atoms with Gasteiger partial charge in [-0.3, -0.25) is 10.0 Å². The van der Waals surface area contributed by atoms with E-state index in [0.29, 0.717) is 26.3 Å². The SMILES string of the molecule is CC1COc2cc(C(=O)NO)cc(F)c2CN1C(=O)N1CCOCC1. The van der Waals surface area contributed by atoms with Crippen LogP contribution in [-0.4, -0.2) is 65.9 Å². The summed E-state index contributed by atoms with van der Waals surface area (Å²) in [5.74, 6) is -1.29. The highest BCUT2D eigenvalue weighted by Crippen LogP contribution is 2.30. The first-order valence-corrected chi connectivity index (χ1v) is 8.04. The molecule has 0 aromatic heterocycles. The van der Waals surface area contributed by atoms with Gasteiger partial charge in [0.15, 0.2) is 0 Å². The normalized spacial score (nSPS) is 20.4. The monoisotopic (exact) mass is 353 g/mol. The van der Waals surface area contributed by atoms with Crippen molar-refractivity contribution in [2.75, 3.05) is 32.9 Å². The van der Waals surface area contributed by atoms with Gasteiger partial charge in [-0.2, -0.15) is 0 Å². The molecule has 0 radical (unpaired) electrons. The zero-order valence-electron chi connectivity index (χ0n) is 13.8. The Bertz CT molecular complexity index is 678. The van der Waals surface area contributed by atoms with Crippen molar-refractivity contribution in [2.24, 2.45) is 0 Å². The van der Waals surface area contributed by atoms with Crippen molar-refractivity contribution in [3.05, 3.63) is 29.1 Å². The summed E-state index contributed by atoms with van der Waals surface area (Å²) in [5, 5.41) is 8.71. The molecule has 2 heterocycles. The summed E-state index contributed by atoms with van der Waals surface area (Å²) in [5.41, 5.74) is 1.62. The van der Waals surface area contributed by atoms with E-state index < -0.39 is 11.7 Å². The van der Waals surface area contributed by atoms with E-state index >= 15 is 0 Å². The second kappa shape index (κ2) is 7.24. The van der Waals surface area contributed by atoms with E-state index in [0.717, 1.165) is 6.07 Å². The van der Waals surface area contributed by atoms with Gasteiger partial charge in [0.1, 0.15) is 18.2 Å². The smallest absolute Gasteiger partial charge is 0.320 e. The molecule has 136 valence electrons. The minimum atomic E-state index is -0.830. The van der Waals surface area contributed by atoms with Crippen LogP contribution in [0.4, 0.5) is 9.18 Å². The number of hydrogen-bond acceptors (Lipinski definition) is 5. The number of halogens is 1. The molecule has 0 spiro atoms. The van der Waals surface area contributed by atoms with Crippen molar-refractivity contribution in [2.45, 2.75) is 19.5 Å². The second-order valence-electron chi connectivity index (χ2n) is 6.05. The van der Waals surface area contributed by atoms with E-state index in [2.05, 4.69) is 0 Å². The molecule has 1 fully saturated rings. The fourth-order valence-corrected chi connectivity index (χ4v) is 2.91. The molecule has 1 atom stereocenters. The van der Waals surface area contributed by atoms with Gasteiger partial charge in [-0.15, -0.1) is 0 Å². The number of hydrogen-bond donors (Lipinski definition) is 2. The maximum absolute atomic E-state index is 14.5. The number of nitrogens with one attached hydrogen (secondary N) is 1. The Labute approximate surface area is 144 Å². The van der Waals surface area contributed by atoms with Crippen LogP contribution in [-0.2, 0) is 11.3 Å². The molecular weight excluding hydrogens is 333 g/mol. The molecule has 2 aliphatic rings. The Morgan fingerprint density at radius 2 is 2.04 bits per heavy atom. The number of rotatable bonds is 1. The number of hydroxylamine groups is 1. The van der Waals surface area contributed by atoms with E-state index in [1.54, 1.807) is 9.80 Å². The average Bonchev–Trinajstić information content (AvgIpc) is 2.80. The Hall–Kier alpha value is -2.39. The lowest BCUT2D eigenvalue weighted by Gasteiger charge is -2.34. The molecule has 25 heavy (non-hydrogen) atoms. The minimum Gasteiger partial charge on any atom is -0.491 e. The van der Waals surface area contributed by atoms with Gasteiger partial charge in [-0.05, 0) is 19.1 Å². The molecule has 2 N–H and O–H groups in total. The maximum Gasteiger partial charge on any atom is 0.320 e. The number of amides is 3. The highest BCUT2D eigenvalue weighted by atomic mass is 19.1. The first-order valence-electron chi connectivity index (χ1n) is 8.04. The van der Waals surface area contributed by atoms with Crippen molar-refractivity contribution in [1.29, 1.82) is 0 Å². The van der Waals surface area contributed by atoms with Gasteiger partial charge >= 0.3 is 6.03 Å². The van der Waals surface area contributed by atoms with Crippen molar-refractivity contribution in [1.82, 2.24) is 15.3 Å². The van der Waals surface area contributed by atoms with E-state index in [1.165, 1.54) is 11.5 Å². The molecule has 1 saturated heterocycles. The number of benzene rings is 1. The molecule has 0 bridgehead atoms. The molecule has 1 aromatic carbocycles. The molecule has 9 heteroatoms. The van der Waals surface area contributed by atoms with Crippen LogP contribution >= 0.6 is 0 Å². The number of urea groups is 1. The summed E-state index contributed by atoms with van der Waals surface area (Å²) in [6.07, 6.45) is 0. The lowest BCUT2D eigenvalue weighted by atomic mass is 10.1. The molecule has 2 aliphatic heterocycles. The number of nitrogens with zero attached hydrogens (tertiary/aromatic N) is 2. The van der Waals surface area contributed by atoms with E-state index in [4.69, 9.17) is 14.7 Å². The molecule has 3 amide bonds. The standard InChI is InChI=1S/C16H20FN3O5/c1-10-9-25-14-7-11(15(21)18-23)6-13(17)12(14)8-20(10)16(22)19-2-4-24-5-3-19/h6-7,10,23H,2-5,8-9H2,1H3,(H,18,21). The summed E-state index contributed by atoms with van der Waals surface area (Å²) in [6, 6.07) is 1.92. The summed E-state index contributed by atoms with van der Waals surface area (Å²) < 4.78 is 25.4. The van der Waals surface area contributed by atoms with Crippen LogP contribution in [0.1, 0.15) is 22.8 Å². The van der Waals surface area contributed by atoms with E-state index in [1.807, 2.05) is 6.92 Å². The minimum absolute atomic E-state index is 0.0412. The molecular formula is C16H20FN3O5. The van der Waals surface area contributed by atoms with Crippen molar-refractivity contribution in [3.8, 4) is 5.75 Å². The van der Waals surface area contributed by atoms with Crippen molar-refractivity contribution in [3.63, 3.8) is 0 Å². The zero-order valence-corrected chi connectivity index (χ0v) is 13.8. The Morgan fingerprint density at radius 1 is 1.32 bits per heavy atom. The highest BCUT2D eigenvalue weighted by molar-refractivity contribution is 5.94. The fourth-order valence-electron chi connectivity index (χ4n) is 2.91. The van der Waals surface area contributed by atoms with Crippen LogP contribution in [0.5, 0.6) is 5.75 Å². The largest absolute Gasteiger partial charge is 0.491 e. The van der Waals surface area contributed by atoms with E-state index in [-0.39, 0.29) is 42.1 Å². The summed E-state index contributed by atoms with van der Waals surface area (Å²) in [4.78, 5) is 27.5. The number of carbonyl (C=O) groups excluding carboxylic acids is 2. The molecule has 0 saturated carbocycles. The van der Waals surface area contributed by atoms with Gasteiger partial charge in [0, 0.05) is 24.2 Å². The molecule has 1 aromatic rings. The Kier molecular flexibility index (Phi) is 5.05. The maximum atomic E-state index is 14.5. The van der Waals surface area contributed by atoms with Crippen LogP contribution in [0.25, 0.3) is 0 Å². The van der Waals surface area contributed by atoms with Gasteiger partial charge < -0.3 is 19.3 Å². The number of carbonyl (C=O) groups is 2. The topological polar surface area (TPSA) is 91.3 Å². The van der Waals surface area contributed by atoms with Gasteiger partial charge in [0.2, 0.25) is 0 Å². The predicted octanol–water partition coefficient (Wildman–Crippen LogP) is 0.980. The van der Waals surface area contributed by atoms with Crippen LogP contribution in [0.3, 0.4) is 0 Å². The lowest BCUT2D eigenvalue weighted by molar-refractivity contribution is 0.0374. The number of morpholine rings is 1. The van der Waals surface area contributed by atoms with Crippen LogP contribution in [0.15, 0.2) is 12.1 Å². The highest BCUT2D eigenvalue weighted by Gasteiger charge is 2.31. The van der Waals surface area contributed by atoms with Gasteiger partial charge in [0.25, 0.3) is 5.91 Å². The quantitative estimate of drug-likeness (QED) is 0.580. The van der Waals surface area contributed by atoms with Gasteiger partial charge in [0.05, 0.1) is 25.8 Å². The molecule has 3 rings (SSSR count). The number of fused-ring (bicyclic) bond motifs is 1. The second-order valence-corrected chi connectivity index (χ2v) is 6.05. The van der Waals surface area contributed by atoms with Crippen molar-refractivity contribution >= 4 is 11.9 Å². The third-order valence-corrected chi connectivity index (χ3v) is 4.39.